The fourth-order valence-corrected chi connectivity index (χ4v) is 0.881. The van der Waals surface area contributed by atoms with E-state index in [4.69, 9.17) is 5.11 Å². The molecule has 0 heterocycles. The molecule has 0 radical (unpaired) electrons. The number of hydrogen-bond acceptors (Lipinski definition) is 2. The van der Waals surface area contributed by atoms with Crippen molar-refractivity contribution in [2.24, 2.45) is 5.41 Å². The van der Waals surface area contributed by atoms with Gasteiger partial charge in [0.25, 0.3) is 0 Å². The Kier molecular flexibility index (Phi) is 5.71. The van der Waals surface area contributed by atoms with Crippen LogP contribution in [0.1, 0.15) is 40.0 Å². The van der Waals surface area contributed by atoms with Crippen LogP contribution in [0.4, 0.5) is 0 Å². The van der Waals surface area contributed by atoms with Crippen LogP contribution in [0.3, 0.4) is 0 Å². The van der Waals surface area contributed by atoms with Crippen molar-refractivity contribution in [3.8, 4) is 0 Å². The average Bonchev–Trinajstić information content (AvgIpc) is 2.02. The highest BCUT2D eigenvalue weighted by Crippen LogP contribution is 2.12. The zero-order valence-electron chi connectivity index (χ0n) is 8.89. The van der Waals surface area contributed by atoms with Crippen molar-refractivity contribution in [3.63, 3.8) is 0 Å². The summed E-state index contributed by atoms with van der Waals surface area (Å²) in [7, 11) is 0. The van der Waals surface area contributed by atoms with Gasteiger partial charge in [0.1, 0.15) is 0 Å². The molecule has 78 valence electrons. The van der Waals surface area contributed by atoms with Crippen LogP contribution in [0.5, 0.6) is 0 Å². The summed E-state index contributed by atoms with van der Waals surface area (Å²) in [6, 6.07) is 0. The fourth-order valence-electron chi connectivity index (χ4n) is 0.881. The molecule has 2 N–H and O–H groups in total. The molecule has 3 nitrogen and oxygen atoms in total. The molecule has 3 heteroatoms. The summed E-state index contributed by atoms with van der Waals surface area (Å²) >= 11 is 0. The molecule has 0 bridgehead atoms. The fraction of sp³-hybridized carbons (Fsp3) is 0.900. The first kappa shape index (κ1) is 12.4. The van der Waals surface area contributed by atoms with E-state index in [1.54, 1.807) is 0 Å². The van der Waals surface area contributed by atoms with E-state index >= 15 is 0 Å². The smallest absolute Gasteiger partial charge is 0.225 e. The van der Waals surface area contributed by atoms with Gasteiger partial charge in [-0.3, -0.25) is 4.79 Å². The van der Waals surface area contributed by atoms with Gasteiger partial charge < -0.3 is 10.4 Å². The third-order valence-electron chi connectivity index (χ3n) is 1.80. The van der Waals surface area contributed by atoms with Crippen molar-refractivity contribution in [2.75, 3.05) is 13.2 Å². The Labute approximate surface area is 80.5 Å². The predicted octanol–water partition coefficient (Wildman–Crippen LogP) is 1.31. The SMILES string of the molecule is CC(C)(C)C(=O)NCCCCCO. The van der Waals surface area contributed by atoms with E-state index in [-0.39, 0.29) is 17.9 Å². The van der Waals surface area contributed by atoms with Crippen LogP contribution in [0, 0.1) is 5.41 Å². The van der Waals surface area contributed by atoms with E-state index in [9.17, 15) is 4.79 Å². The van der Waals surface area contributed by atoms with Gasteiger partial charge in [-0.1, -0.05) is 20.8 Å². The first-order valence-electron chi connectivity index (χ1n) is 4.87. The Morgan fingerprint density at radius 2 is 1.85 bits per heavy atom. The highest BCUT2D eigenvalue weighted by atomic mass is 16.2. The Bertz CT molecular complexity index is 149. The largest absolute Gasteiger partial charge is 0.396 e. The zero-order chi connectivity index (χ0) is 10.3. The summed E-state index contributed by atoms with van der Waals surface area (Å²) in [4.78, 5) is 11.3. The van der Waals surface area contributed by atoms with Gasteiger partial charge in [0.05, 0.1) is 0 Å². The molecule has 0 aromatic rings. The summed E-state index contributed by atoms with van der Waals surface area (Å²) in [5.41, 5.74) is -0.295. The Morgan fingerprint density at radius 3 is 2.31 bits per heavy atom. The molecule has 0 rings (SSSR count). The summed E-state index contributed by atoms with van der Waals surface area (Å²) in [5, 5.41) is 11.4. The number of unbranched alkanes of at least 4 members (excludes halogenated alkanes) is 2. The maximum absolute atomic E-state index is 11.3. The minimum Gasteiger partial charge on any atom is -0.396 e. The second-order valence-corrected chi connectivity index (χ2v) is 4.29. The average molecular weight is 187 g/mol. The molecule has 0 aliphatic carbocycles. The number of amides is 1. The van der Waals surface area contributed by atoms with Crippen LogP contribution in [0.25, 0.3) is 0 Å². The number of carbonyl (C=O) groups excluding carboxylic acids is 1. The standard InChI is InChI=1S/C10H21NO2/c1-10(2,3)9(13)11-7-5-4-6-8-12/h12H,4-8H2,1-3H3,(H,11,13). The second kappa shape index (κ2) is 5.97. The summed E-state index contributed by atoms with van der Waals surface area (Å²) in [6.45, 7) is 6.66. The van der Waals surface area contributed by atoms with Gasteiger partial charge in [-0.25, -0.2) is 0 Å². The van der Waals surface area contributed by atoms with Crippen molar-refractivity contribution in [2.45, 2.75) is 40.0 Å². The number of aliphatic hydroxyl groups excluding tert-OH is 1. The summed E-state index contributed by atoms with van der Waals surface area (Å²) < 4.78 is 0. The molecule has 0 aromatic carbocycles. The van der Waals surface area contributed by atoms with Gasteiger partial charge in [-0.05, 0) is 19.3 Å². The first-order valence-corrected chi connectivity index (χ1v) is 4.87. The van der Waals surface area contributed by atoms with Crippen LogP contribution in [-0.4, -0.2) is 24.2 Å². The molecule has 0 saturated carbocycles. The van der Waals surface area contributed by atoms with Crippen molar-refractivity contribution < 1.29 is 9.90 Å². The van der Waals surface area contributed by atoms with Crippen molar-refractivity contribution in [1.29, 1.82) is 0 Å². The third kappa shape index (κ3) is 6.58. The lowest BCUT2D eigenvalue weighted by Gasteiger charge is -2.17. The maximum atomic E-state index is 11.3. The molecule has 0 atom stereocenters. The molecule has 0 fully saturated rings. The van der Waals surface area contributed by atoms with Crippen LogP contribution in [0.2, 0.25) is 0 Å². The van der Waals surface area contributed by atoms with Gasteiger partial charge in [-0.15, -0.1) is 0 Å². The summed E-state index contributed by atoms with van der Waals surface area (Å²) in [6.07, 6.45) is 2.74. The van der Waals surface area contributed by atoms with Crippen molar-refractivity contribution in [3.05, 3.63) is 0 Å². The predicted molar refractivity (Wildman–Crippen MR) is 53.4 cm³/mol. The van der Waals surface area contributed by atoms with Crippen LogP contribution < -0.4 is 5.32 Å². The number of rotatable bonds is 5. The van der Waals surface area contributed by atoms with E-state index in [0.29, 0.717) is 0 Å². The molecule has 0 aromatic heterocycles. The molecule has 0 aliphatic rings. The molecule has 0 saturated heterocycles. The lowest BCUT2D eigenvalue weighted by atomic mass is 9.96. The Balaban J connectivity index is 3.38. The minimum atomic E-state index is -0.295. The quantitative estimate of drug-likeness (QED) is 0.638. The minimum absolute atomic E-state index is 0.0940. The monoisotopic (exact) mass is 187 g/mol. The van der Waals surface area contributed by atoms with Gasteiger partial charge in [0, 0.05) is 18.6 Å². The number of hydrogen-bond donors (Lipinski definition) is 2. The topological polar surface area (TPSA) is 49.3 Å². The van der Waals surface area contributed by atoms with Crippen molar-refractivity contribution in [1.82, 2.24) is 5.32 Å². The van der Waals surface area contributed by atoms with E-state index in [0.717, 1.165) is 25.8 Å². The first-order chi connectivity index (χ1) is 5.98. The van der Waals surface area contributed by atoms with Crippen LogP contribution in [0.15, 0.2) is 0 Å². The van der Waals surface area contributed by atoms with E-state index < -0.39 is 0 Å². The van der Waals surface area contributed by atoms with E-state index in [2.05, 4.69) is 5.32 Å². The molecular formula is C10H21NO2. The lowest BCUT2D eigenvalue weighted by Crippen LogP contribution is -2.35. The zero-order valence-corrected chi connectivity index (χ0v) is 8.89. The molecule has 1 amide bonds. The van der Waals surface area contributed by atoms with Gasteiger partial charge in [0.2, 0.25) is 5.91 Å². The normalized spacial score (nSPS) is 11.4. The molecule has 13 heavy (non-hydrogen) atoms. The molecular weight excluding hydrogens is 166 g/mol. The van der Waals surface area contributed by atoms with Gasteiger partial charge in [0.15, 0.2) is 0 Å². The Morgan fingerprint density at radius 1 is 1.23 bits per heavy atom. The van der Waals surface area contributed by atoms with Crippen LogP contribution in [-0.2, 0) is 4.79 Å². The second-order valence-electron chi connectivity index (χ2n) is 4.29. The van der Waals surface area contributed by atoms with Gasteiger partial charge >= 0.3 is 0 Å². The molecule has 0 spiro atoms. The third-order valence-corrected chi connectivity index (χ3v) is 1.80. The van der Waals surface area contributed by atoms with Crippen molar-refractivity contribution >= 4 is 5.91 Å². The number of nitrogens with one attached hydrogen (secondary N) is 1. The molecule has 0 unspecified atom stereocenters. The number of carbonyl (C=O) groups is 1. The van der Waals surface area contributed by atoms with Gasteiger partial charge in [-0.2, -0.15) is 0 Å². The Hall–Kier alpha value is -0.570. The summed E-state index contributed by atoms with van der Waals surface area (Å²) in [5.74, 6) is 0.0940. The molecule has 0 aliphatic heterocycles. The number of aliphatic hydroxyl groups is 1. The highest BCUT2D eigenvalue weighted by Gasteiger charge is 2.19. The van der Waals surface area contributed by atoms with E-state index in [1.165, 1.54) is 0 Å². The van der Waals surface area contributed by atoms with Crippen LogP contribution >= 0.6 is 0 Å². The lowest BCUT2D eigenvalue weighted by molar-refractivity contribution is -0.128. The highest BCUT2D eigenvalue weighted by molar-refractivity contribution is 5.81. The maximum Gasteiger partial charge on any atom is 0.225 e. The van der Waals surface area contributed by atoms with E-state index in [1.807, 2.05) is 20.8 Å².